The number of aromatic nitrogens is 3. The van der Waals surface area contributed by atoms with E-state index in [-0.39, 0.29) is 17.9 Å². The zero-order valence-corrected chi connectivity index (χ0v) is 19.2. The van der Waals surface area contributed by atoms with Crippen LogP contribution in [0.1, 0.15) is 31.4 Å². The molecule has 3 N–H and O–H groups in total. The van der Waals surface area contributed by atoms with Gasteiger partial charge < -0.3 is 16.0 Å². The highest BCUT2D eigenvalue weighted by Crippen LogP contribution is 2.24. The minimum Gasteiger partial charge on any atom is -0.349 e. The maximum absolute atomic E-state index is 12.5. The lowest BCUT2D eigenvalue weighted by Gasteiger charge is -2.24. The van der Waals surface area contributed by atoms with Crippen molar-refractivity contribution in [3.8, 4) is 11.1 Å². The number of nitrogens with one attached hydrogen (secondary N) is 3. The predicted molar refractivity (Wildman–Crippen MR) is 135 cm³/mol. The van der Waals surface area contributed by atoms with E-state index in [4.69, 9.17) is 0 Å². The number of fused-ring (bicyclic) bond motifs is 1. The number of rotatable bonds is 6. The van der Waals surface area contributed by atoms with Crippen molar-refractivity contribution in [2.24, 2.45) is 5.92 Å². The molecule has 0 radical (unpaired) electrons. The normalized spacial score (nSPS) is 16.7. The van der Waals surface area contributed by atoms with E-state index in [1.807, 2.05) is 55.6 Å². The Labute approximate surface area is 199 Å². The molecule has 0 spiro atoms. The summed E-state index contributed by atoms with van der Waals surface area (Å²) in [5.74, 6) is 0.726. The number of amides is 1. The number of hydrogen-bond donors (Lipinski definition) is 3. The van der Waals surface area contributed by atoms with Crippen molar-refractivity contribution in [1.82, 2.24) is 25.6 Å². The highest BCUT2D eigenvalue weighted by Gasteiger charge is 2.22. The molecule has 2 atom stereocenters. The van der Waals surface area contributed by atoms with E-state index < -0.39 is 0 Å². The third-order valence-electron chi connectivity index (χ3n) is 6.29. The van der Waals surface area contributed by atoms with Gasteiger partial charge in [-0.15, -0.1) is 0 Å². The van der Waals surface area contributed by atoms with Crippen LogP contribution in [0.15, 0.2) is 73.2 Å². The van der Waals surface area contributed by atoms with Crippen LogP contribution < -0.4 is 16.0 Å². The first kappa shape index (κ1) is 22.0. The molecule has 1 amide bonds. The van der Waals surface area contributed by atoms with Gasteiger partial charge in [-0.05, 0) is 79.4 Å². The van der Waals surface area contributed by atoms with Gasteiger partial charge in [0.1, 0.15) is 0 Å². The fourth-order valence-corrected chi connectivity index (χ4v) is 4.29. The maximum atomic E-state index is 12.5. The van der Waals surface area contributed by atoms with Gasteiger partial charge in [-0.3, -0.25) is 9.78 Å². The number of nitrogens with zero attached hydrogens (tertiary/aromatic N) is 3. The number of hydrogen-bond acceptors (Lipinski definition) is 6. The summed E-state index contributed by atoms with van der Waals surface area (Å²) in [6, 6.07) is 18.1. The Morgan fingerprint density at radius 2 is 1.88 bits per heavy atom. The lowest BCUT2D eigenvalue weighted by atomic mass is 9.98. The lowest BCUT2D eigenvalue weighted by molar-refractivity contribution is -0.126. The van der Waals surface area contributed by atoms with Gasteiger partial charge >= 0.3 is 0 Å². The molecule has 1 aliphatic rings. The minimum atomic E-state index is -0.0463. The number of carbonyl (C=O) groups excluding carboxylic acids is 1. The van der Waals surface area contributed by atoms with E-state index >= 15 is 0 Å². The van der Waals surface area contributed by atoms with Gasteiger partial charge in [-0.25, -0.2) is 9.97 Å². The molecule has 34 heavy (non-hydrogen) atoms. The Bertz CT molecular complexity index is 1270. The van der Waals surface area contributed by atoms with E-state index in [0.717, 1.165) is 59.2 Å². The summed E-state index contributed by atoms with van der Waals surface area (Å²) in [6.45, 7) is 3.78. The minimum absolute atomic E-state index is 0.0463. The SMILES string of the molecule is C[C@@H](NC(=O)[C@H]1CCCNC1)c1ccc(Nc2ncc3cc(-c4ccncc4)ccc3n2)cc1. The van der Waals surface area contributed by atoms with Gasteiger partial charge in [0.25, 0.3) is 0 Å². The second-order valence-electron chi connectivity index (χ2n) is 8.72. The van der Waals surface area contributed by atoms with E-state index in [1.54, 1.807) is 12.4 Å². The second-order valence-corrected chi connectivity index (χ2v) is 8.72. The van der Waals surface area contributed by atoms with Gasteiger partial charge in [-0.1, -0.05) is 18.2 Å². The standard InChI is InChI=1S/C27H28N6O/c1-18(31-26(34)22-3-2-12-29-16-22)19-4-7-24(8-5-19)32-27-30-17-23-15-21(6-9-25(23)33-27)20-10-13-28-14-11-20/h4-11,13-15,17-18,22,29H,2-3,12,16H2,1H3,(H,31,34)(H,30,32,33)/t18-,22+/m1/s1. The smallest absolute Gasteiger partial charge is 0.227 e. The highest BCUT2D eigenvalue weighted by molar-refractivity contribution is 5.84. The third-order valence-corrected chi connectivity index (χ3v) is 6.29. The van der Waals surface area contributed by atoms with Gasteiger partial charge in [0.15, 0.2) is 0 Å². The van der Waals surface area contributed by atoms with Crippen molar-refractivity contribution >= 4 is 28.4 Å². The van der Waals surface area contributed by atoms with E-state index in [1.165, 1.54) is 0 Å². The van der Waals surface area contributed by atoms with Gasteiger partial charge in [0.2, 0.25) is 11.9 Å². The molecule has 7 nitrogen and oxygen atoms in total. The van der Waals surface area contributed by atoms with E-state index in [2.05, 4.69) is 43.0 Å². The van der Waals surface area contributed by atoms with Crippen LogP contribution in [0.5, 0.6) is 0 Å². The molecule has 1 aliphatic heterocycles. The Morgan fingerprint density at radius 3 is 2.65 bits per heavy atom. The van der Waals surface area contributed by atoms with E-state index in [9.17, 15) is 4.79 Å². The molecule has 4 aromatic rings. The van der Waals surface area contributed by atoms with Gasteiger partial charge in [-0.2, -0.15) is 0 Å². The molecule has 2 aromatic heterocycles. The maximum Gasteiger partial charge on any atom is 0.227 e. The highest BCUT2D eigenvalue weighted by atomic mass is 16.2. The summed E-state index contributed by atoms with van der Waals surface area (Å²) in [7, 11) is 0. The molecule has 172 valence electrons. The summed E-state index contributed by atoms with van der Waals surface area (Å²) in [6.07, 6.45) is 7.41. The molecule has 3 heterocycles. The zero-order chi connectivity index (χ0) is 23.3. The van der Waals surface area contributed by atoms with Crippen LogP contribution in [0.3, 0.4) is 0 Å². The molecule has 0 aliphatic carbocycles. The number of piperidine rings is 1. The summed E-state index contributed by atoms with van der Waals surface area (Å²) in [5, 5.41) is 10.7. The number of anilines is 2. The van der Waals surface area contributed by atoms with Crippen LogP contribution in [0.2, 0.25) is 0 Å². The summed E-state index contributed by atoms with van der Waals surface area (Å²) in [5.41, 5.74) is 5.05. The Balaban J connectivity index is 1.24. The van der Waals surface area contributed by atoms with Gasteiger partial charge in [0, 0.05) is 36.2 Å². The fourth-order valence-electron chi connectivity index (χ4n) is 4.29. The molecule has 5 rings (SSSR count). The first-order valence-electron chi connectivity index (χ1n) is 11.7. The van der Waals surface area contributed by atoms with Crippen molar-refractivity contribution in [2.75, 3.05) is 18.4 Å². The Hall–Kier alpha value is -3.84. The van der Waals surface area contributed by atoms with Crippen LogP contribution in [0.25, 0.3) is 22.0 Å². The monoisotopic (exact) mass is 452 g/mol. The van der Waals surface area contributed by atoms with Crippen molar-refractivity contribution in [1.29, 1.82) is 0 Å². The molecule has 1 fully saturated rings. The van der Waals surface area contributed by atoms with Crippen molar-refractivity contribution < 1.29 is 4.79 Å². The Kier molecular flexibility index (Phi) is 6.44. The van der Waals surface area contributed by atoms with Crippen LogP contribution in [0.4, 0.5) is 11.6 Å². The van der Waals surface area contributed by atoms with Crippen LogP contribution in [-0.2, 0) is 4.79 Å². The fraction of sp³-hybridized carbons (Fsp3) is 0.259. The molecular weight excluding hydrogens is 424 g/mol. The first-order chi connectivity index (χ1) is 16.7. The zero-order valence-electron chi connectivity index (χ0n) is 19.2. The largest absolute Gasteiger partial charge is 0.349 e. The topological polar surface area (TPSA) is 91.8 Å². The summed E-state index contributed by atoms with van der Waals surface area (Å²) in [4.78, 5) is 25.7. The predicted octanol–water partition coefficient (Wildman–Crippen LogP) is 4.61. The van der Waals surface area contributed by atoms with Gasteiger partial charge in [0.05, 0.1) is 17.5 Å². The molecular formula is C27H28N6O. The molecule has 7 heteroatoms. The van der Waals surface area contributed by atoms with Crippen LogP contribution >= 0.6 is 0 Å². The second kappa shape index (κ2) is 9.97. The lowest BCUT2D eigenvalue weighted by Crippen LogP contribution is -2.41. The van der Waals surface area contributed by atoms with Crippen LogP contribution in [-0.4, -0.2) is 33.9 Å². The average Bonchev–Trinajstić information content (AvgIpc) is 2.90. The quantitative estimate of drug-likeness (QED) is 0.396. The molecule has 0 bridgehead atoms. The van der Waals surface area contributed by atoms with Crippen molar-refractivity contribution in [3.05, 3.63) is 78.8 Å². The number of carbonyl (C=O) groups is 1. The number of pyridine rings is 1. The average molecular weight is 453 g/mol. The Morgan fingerprint density at radius 1 is 1.06 bits per heavy atom. The third kappa shape index (κ3) is 5.05. The van der Waals surface area contributed by atoms with Crippen LogP contribution in [0, 0.1) is 5.92 Å². The molecule has 0 saturated carbocycles. The first-order valence-corrected chi connectivity index (χ1v) is 11.7. The van der Waals surface area contributed by atoms with E-state index in [0.29, 0.717) is 5.95 Å². The molecule has 2 aromatic carbocycles. The summed E-state index contributed by atoms with van der Waals surface area (Å²) < 4.78 is 0. The number of benzene rings is 2. The molecule has 1 saturated heterocycles. The van der Waals surface area contributed by atoms with Crippen molar-refractivity contribution in [3.63, 3.8) is 0 Å². The van der Waals surface area contributed by atoms with Crippen molar-refractivity contribution in [2.45, 2.75) is 25.8 Å². The molecule has 0 unspecified atom stereocenters. The summed E-state index contributed by atoms with van der Waals surface area (Å²) >= 11 is 0.